The smallest absolute Gasteiger partial charge is 0.271 e. The standard InChI is InChI=1S/C21H38N4O/c1-15(2)18-12-17(23-25(18)20(4,5)6)19(26)22-14-21(7,8)24-11-9-10-16(3)13-24/h12,15-16H,9-11,13-14H2,1-8H3,(H,22,26). The minimum atomic E-state index is -0.138. The summed E-state index contributed by atoms with van der Waals surface area (Å²) in [6.45, 7) is 20.3. The molecule has 0 aliphatic carbocycles. The number of aromatic nitrogens is 2. The van der Waals surface area contributed by atoms with Crippen molar-refractivity contribution in [2.45, 2.75) is 85.2 Å². The van der Waals surface area contributed by atoms with Crippen molar-refractivity contribution in [3.8, 4) is 0 Å². The topological polar surface area (TPSA) is 50.2 Å². The summed E-state index contributed by atoms with van der Waals surface area (Å²) in [4.78, 5) is 15.3. The molecule has 5 nitrogen and oxygen atoms in total. The van der Waals surface area contributed by atoms with Gasteiger partial charge in [0.2, 0.25) is 0 Å². The van der Waals surface area contributed by atoms with Gasteiger partial charge in [-0.05, 0) is 71.9 Å². The first-order valence-electron chi connectivity index (χ1n) is 10.1. The zero-order valence-corrected chi connectivity index (χ0v) is 18.0. The molecular formula is C21H38N4O. The summed E-state index contributed by atoms with van der Waals surface area (Å²) in [7, 11) is 0. The fraction of sp³-hybridized carbons (Fsp3) is 0.810. The monoisotopic (exact) mass is 362 g/mol. The van der Waals surface area contributed by atoms with Crippen molar-refractivity contribution in [3.63, 3.8) is 0 Å². The zero-order valence-electron chi connectivity index (χ0n) is 18.0. The Kier molecular flexibility index (Phi) is 6.21. The highest BCUT2D eigenvalue weighted by Crippen LogP contribution is 2.25. The van der Waals surface area contributed by atoms with Gasteiger partial charge < -0.3 is 5.32 Å². The molecule has 1 saturated heterocycles. The predicted octanol–water partition coefficient (Wildman–Crippen LogP) is 4.00. The van der Waals surface area contributed by atoms with Gasteiger partial charge in [0.25, 0.3) is 5.91 Å². The SMILES string of the molecule is CC1CCCN(C(C)(C)CNC(=O)c2cc(C(C)C)n(C(C)(C)C)n2)C1. The van der Waals surface area contributed by atoms with Crippen LogP contribution in [0.25, 0.3) is 0 Å². The number of amides is 1. The largest absolute Gasteiger partial charge is 0.349 e. The highest BCUT2D eigenvalue weighted by molar-refractivity contribution is 5.92. The molecule has 1 amide bonds. The summed E-state index contributed by atoms with van der Waals surface area (Å²) in [6, 6.07) is 1.95. The van der Waals surface area contributed by atoms with Crippen molar-refractivity contribution < 1.29 is 4.79 Å². The van der Waals surface area contributed by atoms with Crippen molar-refractivity contribution in [2.24, 2.45) is 5.92 Å². The summed E-state index contributed by atoms with van der Waals surface area (Å²) in [6.07, 6.45) is 2.55. The fourth-order valence-electron chi connectivity index (χ4n) is 3.69. The van der Waals surface area contributed by atoms with Crippen LogP contribution in [-0.2, 0) is 5.54 Å². The third kappa shape index (κ3) is 4.87. The number of rotatable bonds is 5. The van der Waals surface area contributed by atoms with Crippen LogP contribution in [0.2, 0.25) is 0 Å². The van der Waals surface area contributed by atoms with Gasteiger partial charge in [0, 0.05) is 24.3 Å². The number of hydrogen-bond donors (Lipinski definition) is 1. The van der Waals surface area contributed by atoms with Gasteiger partial charge in [-0.3, -0.25) is 14.4 Å². The van der Waals surface area contributed by atoms with Crippen LogP contribution in [0.5, 0.6) is 0 Å². The molecule has 0 radical (unpaired) electrons. The summed E-state index contributed by atoms with van der Waals surface area (Å²) in [5.74, 6) is 0.984. The third-order valence-corrected chi connectivity index (χ3v) is 5.39. The number of nitrogens with one attached hydrogen (secondary N) is 1. The molecule has 1 aromatic heterocycles. The maximum Gasteiger partial charge on any atom is 0.271 e. The molecule has 2 heterocycles. The van der Waals surface area contributed by atoms with Crippen molar-refractivity contribution in [2.75, 3.05) is 19.6 Å². The Morgan fingerprint density at radius 3 is 2.46 bits per heavy atom. The van der Waals surface area contributed by atoms with Gasteiger partial charge in [0.1, 0.15) is 5.69 Å². The average molecular weight is 363 g/mol. The molecule has 26 heavy (non-hydrogen) atoms. The second-order valence-corrected chi connectivity index (χ2v) is 9.88. The first-order valence-corrected chi connectivity index (χ1v) is 10.1. The number of hydrogen-bond acceptors (Lipinski definition) is 3. The highest BCUT2D eigenvalue weighted by Gasteiger charge is 2.31. The first kappa shape index (κ1) is 20.9. The summed E-state index contributed by atoms with van der Waals surface area (Å²) in [5.41, 5.74) is 1.44. The molecule has 0 saturated carbocycles. The van der Waals surface area contributed by atoms with E-state index in [0.717, 1.165) is 24.7 Å². The quantitative estimate of drug-likeness (QED) is 0.861. The van der Waals surface area contributed by atoms with Gasteiger partial charge in [-0.25, -0.2) is 0 Å². The van der Waals surface area contributed by atoms with Crippen LogP contribution in [0.4, 0.5) is 0 Å². The molecule has 148 valence electrons. The molecule has 1 atom stereocenters. The number of piperidine rings is 1. The Labute approximate surface area is 159 Å². The number of nitrogens with zero attached hydrogens (tertiary/aromatic N) is 3. The maximum absolute atomic E-state index is 12.7. The Hall–Kier alpha value is -1.36. The van der Waals surface area contributed by atoms with Crippen molar-refractivity contribution in [3.05, 3.63) is 17.5 Å². The highest BCUT2D eigenvalue weighted by atomic mass is 16.2. The molecule has 2 rings (SSSR count). The van der Waals surface area contributed by atoms with Crippen LogP contribution in [0.15, 0.2) is 6.07 Å². The lowest BCUT2D eigenvalue weighted by Gasteiger charge is -2.43. The van der Waals surface area contributed by atoms with Crippen LogP contribution >= 0.6 is 0 Å². The van der Waals surface area contributed by atoms with Crippen LogP contribution in [0.3, 0.4) is 0 Å². The second-order valence-electron chi connectivity index (χ2n) is 9.88. The van der Waals surface area contributed by atoms with Crippen LogP contribution < -0.4 is 5.32 Å². The minimum absolute atomic E-state index is 0.0438. The van der Waals surface area contributed by atoms with Crippen molar-refractivity contribution in [1.82, 2.24) is 20.0 Å². The van der Waals surface area contributed by atoms with Crippen molar-refractivity contribution in [1.29, 1.82) is 0 Å². The zero-order chi connectivity index (χ0) is 19.7. The van der Waals surface area contributed by atoms with E-state index in [1.165, 1.54) is 12.8 Å². The van der Waals surface area contributed by atoms with E-state index >= 15 is 0 Å². The molecule has 1 aliphatic heterocycles. The summed E-state index contributed by atoms with van der Waals surface area (Å²) in [5, 5.41) is 7.74. The molecular weight excluding hydrogens is 324 g/mol. The summed E-state index contributed by atoms with van der Waals surface area (Å²) < 4.78 is 1.99. The van der Waals surface area contributed by atoms with E-state index in [0.29, 0.717) is 18.2 Å². The minimum Gasteiger partial charge on any atom is -0.349 e. The molecule has 5 heteroatoms. The summed E-state index contributed by atoms with van der Waals surface area (Å²) >= 11 is 0. The van der Waals surface area contributed by atoms with Crippen LogP contribution in [-0.4, -0.2) is 45.8 Å². The van der Waals surface area contributed by atoms with Gasteiger partial charge in [0.15, 0.2) is 0 Å². The molecule has 1 aromatic rings. The normalized spacial score (nSPS) is 19.8. The lowest BCUT2D eigenvalue weighted by Crippen LogP contribution is -2.54. The van der Waals surface area contributed by atoms with E-state index in [9.17, 15) is 4.79 Å². The third-order valence-electron chi connectivity index (χ3n) is 5.39. The van der Waals surface area contributed by atoms with Gasteiger partial charge in [0.05, 0.1) is 5.54 Å². The van der Waals surface area contributed by atoms with E-state index in [1.54, 1.807) is 0 Å². The average Bonchev–Trinajstić information content (AvgIpc) is 2.98. The molecule has 0 aromatic carbocycles. The number of carbonyl (C=O) groups is 1. The van der Waals surface area contributed by atoms with E-state index in [1.807, 2.05) is 10.7 Å². The van der Waals surface area contributed by atoms with Crippen molar-refractivity contribution >= 4 is 5.91 Å². The molecule has 1 unspecified atom stereocenters. The molecule has 0 bridgehead atoms. The van der Waals surface area contributed by atoms with Crippen LogP contribution in [0.1, 0.15) is 90.3 Å². The van der Waals surface area contributed by atoms with E-state index in [4.69, 9.17) is 0 Å². The first-order chi connectivity index (χ1) is 11.9. The molecule has 1 fully saturated rings. The van der Waals surface area contributed by atoms with E-state index < -0.39 is 0 Å². The van der Waals surface area contributed by atoms with Gasteiger partial charge in [-0.2, -0.15) is 5.10 Å². The van der Waals surface area contributed by atoms with Crippen LogP contribution in [0, 0.1) is 5.92 Å². The molecule has 1 N–H and O–H groups in total. The Bertz CT molecular complexity index is 624. The molecule has 0 spiro atoms. The van der Waals surface area contributed by atoms with E-state index in [-0.39, 0.29) is 17.0 Å². The van der Waals surface area contributed by atoms with Gasteiger partial charge >= 0.3 is 0 Å². The fourth-order valence-corrected chi connectivity index (χ4v) is 3.69. The lowest BCUT2D eigenvalue weighted by atomic mass is 9.93. The predicted molar refractivity (Wildman–Crippen MR) is 108 cm³/mol. The van der Waals surface area contributed by atoms with Gasteiger partial charge in [-0.1, -0.05) is 20.8 Å². The molecule has 1 aliphatic rings. The Morgan fingerprint density at radius 1 is 1.31 bits per heavy atom. The number of carbonyl (C=O) groups excluding carboxylic acids is 1. The maximum atomic E-state index is 12.7. The Morgan fingerprint density at radius 2 is 1.96 bits per heavy atom. The van der Waals surface area contributed by atoms with E-state index in [2.05, 4.69) is 70.7 Å². The second kappa shape index (κ2) is 7.71. The van der Waals surface area contributed by atoms with Gasteiger partial charge in [-0.15, -0.1) is 0 Å². The number of likely N-dealkylation sites (tertiary alicyclic amines) is 1. The Balaban J connectivity index is 2.08. The lowest BCUT2D eigenvalue weighted by molar-refractivity contribution is 0.0655.